The van der Waals surface area contributed by atoms with E-state index in [1.165, 1.54) is 57.1 Å². The third kappa shape index (κ3) is 5.12. The van der Waals surface area contributed by atoms with E-state index in [9.17, 15) is 4.39 Å². The first-order valence-corrected chi connectivity index (χ1v) is 7.84. The summed E-state index contributed by atoms with van der Waals surface area (Å²) in [4.78, 5) is 2.41. The maximum Gasteiger partial charge on any atom is 0.126 e. The molecule has 112 valence electrons. The summed E-state index contributed by atoms with van der Waals surface area (Å²) in [6.45, 7) is 1.53. The summed E-state index contributed by atoms with van der Waals surface area (Å²) in [6.07, 6.45) is 9.46. The van der Waals surface area contributed by atoms with Crippen LogP contribution in [-0.4, -0.2) is 31.1 Å². The number of halogens is 1. The number of rotatable bonds is 5. The van der Waals surface area contributed by atoms with E-state index in [-0.39, 0.29) is 5.82 Å². The van der Waals surface area contributed by atoms with Crippen LogP contribution in [0.15, 0.2) is 24.3 Å². The van der Waals surface area contributed by atoms with Gasteiger partial charge >= 0.3 is 0 Å². The van der Waals surface area contributed by atoms with Gasteiger partial charge in [-0.1, -0.05) is 38.2 Å². The van der Waals surface area contributed by atoms with E-state index >= 15 is 0 Å². The minimum atomic E-state index is -0.240. The number of hydrogen-bond donors (Lipinski definition) is 0. The highest BCUT2D eigenvalue weighted by Gasteiger charge is 2.15. The van der Waals surface area contributed by atoms with Crippen LogP contribution in [0.2, 0.25) is 0 Å². The van der Waals surface area contributed by atoms with Crippen molar-refractivity contribution in [3.05, 3.63) is 30.1 Å². The van der Waals surface area contributed by atoms with Crippen molar-refractivity contribution in [1.82, 2.24) is 4.90 Å². The Kier molecular flexibility index (Phi) is 6.31. The Morgan fingerprint density at radius 1 is 1.15 bits per heavy atom. The van der Waals surface area contributed by atoms with Gasteiger partial charge in [0.1, 0.15) is 18.2 Å². The van der Waals surface area contributed by atoms with E-state index in [2.05, 4.69) is 11.9 Å². The standard InChI is InChI=1S/C17H26FNO/c1-19(16-9-5-3-2-4-6-10-16)12-13-20-17-11-7-8-15(18)14-17/h7-8,11,14,16H,2-6,9-10,12-13H2,1H3. The number of benzene rings is 1. The Bertz CT molecular complexity index is 388. The molecule has 0 heterocycles. The molecule has 0 unspecified atom stereocenters. The van der Waals surface area contributed by atoms with Crippen LogP contribution >= 0.6 is 0 Å². The quantitative estimate of drug-likeness (QED) is 0.799. The maximum atomic E-state index is 13.0. The zero-order valence-corrected chi connectivity index (χ0v) is 12.5. The van der Waals surface area contributed by atoms with E-state index in [4.69, 9.17) is 4.74 Å². The lowest BCUT2D eigenvalue weighted by molar-refractivity contribution is 0.167. The molecule has 0 amide bonds. The number of ether oxygens (including phenoxy) is 1. The topological polar surface area (TPSA) is 12.5 Å². The zero-order valence-electron chi connectivity index (χ0n) is 12.5. The van der Waals surface area contributed by atoms with Gasteiger partial charge in [-0.2, -0.15) is 0 Å². The highest BCUT2D eigenvalue weighted by atomic mass is 19.1. The van der Waals surface area contributed by atoms with E-state index in [1.54, 1.807) is 12.1 Å². The molecule has 0 spiro atoms. The van der Waals surface area contributed by atoms with Gasteiger partial charge in [-0.25, -0.2) is 4.39 Å². The van der Waals surface area contributed by atoms with Gasteiger partial charge in [-0.15, -0.1) is 0 Å². The van der Waals surface area contributed by atoms with E-state index < -0.39 is 0 Å². The molecule has 0 aromatic heterocycles. The fourth-order valence-electron chi connectivity index (χ4n) is 2.92. The summed E-state index contributed by atoms with van der Waals surface area (Å²) in [6, 6.07) is 7.05. The lowest BCUT2D eigenvalue weighted by Crippen LogP contribution is -2.35. The summed E-state index contributed by atoms with van der Waals surface area (Å²) in [7, 11) is 2.18. The summed E-state index contributed by atoms with van der Waals surface area (Å²) in [5.74, 6) is 0.381. The molecule has 1 aliphatic rings. The summed E-state index contributed by atoms with van der Waals surface area (Å²) in [5, 5.41) is 0. The molecule has 0 aliphatic heterocycles. The first-order valence-electron chi connectivity index (χ1n) is 7.84. The molecule has 20 heavy (non-hydrogen) atoms. The molecule has 2 rings (SSSR count). The largest absolute Gasteiger partial charge is 0.492 e. The van der Waals surface area contributed by atoms with Gasteiger partial charge in [-0.05, 0) is 32.0 Å². The maximum absolute atomic E-state index is 13.0. The molecule has 3 heteroatoms. The van der Waals surface area contributed by atoms with E-state index in [0.29, 0.717) is 18.4 Å². The van der Waals surface area contributed by atoms with Crippen LogP contribution in [0.4, 0.5) is 4.39 Å². The number of likely N-dealkylation sites (N-methyl/N-ethyl adjacent to an activating group) is 1. The predicted molar refractivity (Wildman–Crippen MR) is 80.6 cm³/mol. The summed E-state index contributed by atoms with van der Waals surface area (Å²) >= 11 is 0. The fraction of sp³-hybridized carbons (Fsp3) is 0.647. The molecule has 0 bridgehead atoms. The van der Waals surface area contributed by atoms with Crippen LogP contribution < -0.4 is 4.74 Å². The van der Waals surface area contributed by atoms with E-state index in [0.717, 1.165) is 6.54 Å². The predicted octanol–water partition coefficient (Wildman–Crippen LogP) is 4.25. The molecular weight excluding hydrogens is 253 g/mol. The van der Waals surface area contributed by atoms with Crippen molar-refractivity contribution in [1.29, 1.82) is 0 Å². The van der Waals surface area contributed by atoms with Gasteiger partial charge < -0.3 is 9.64 Å². The molecule has 1 aromatic carbocycles. The number of hydrogen-bond acceptors (Lipinski definition) is 2. The third-order valence-corrected chi connectivity index (χ3v) is 4.21. The first kappa shape index (κ1) is 15.3. The van der Waals surface area contributed by atoms with Gasteiger partial charge in [0.2, 0.25) is 0 Å². The van der Waals surface area contributed by atoms with Gasteiger partial charge in [0, 0.05) is 18.7 Å². The molecule has 1 aromatic rings. The normalized spacial score (nSPS) is 17.8. The second-order valence-electron chi connectivity index (χ2n) is 5.79. The van der Waals surface area contributed by atoms with Gasteiger partial charge in [0.05, 0.1) is 0 Å². The van der Waals surface area contributed by atoms with Crippen LogP contribution in [0.3, 0.4) is 0 Å². The second kappa shape index (κ2) is 8.25. The Hall–Kier alpha value is -1.09. The molecular formula is C17H26FNO. The third-order valence-electron chi connectivity index (χ3n) is 4.21. The van der Waals surface area contributed by atoms with Crippen molar-refractivity contribution in [2.24, 2.45) is 0 Å². The highest BCUT2D eigenvalue weighted by molar-refractivity contribution is 5.22. The average Bonchev–Trinajstić information content (AvgIpc) is 2.38. The Labute approximate surface area is 121 Å². The second-order valence-corrected chi connectivity index (χ2v) is 5.79. The minimum absolute atomic E-state index is 0.240. The average molecular weight is 279 g/mol. The molecule has 2 nitrogen and oxygen atoms in total. The Morgan fingerprint density at radius 2 is 1.85 bits per heavy atom. The van der Waals surface area contributed by atoms with Crippen molar-refractivity contribution in [2.45, 2.75) is 51.0 Å². The molecule has 0 atom stereocenters. The van der Waals surface area contributed by atoms with Crippen LogP contribution in [0.25, 0.3) is 0 Å². The molecule has 0 saturated heterocycles. The SMILES string of the molecule is CN(CCOc1cccc(F)c1)C1CCCCCCC1. The molecule has 1 fully saturated rings. The summed E-state index contributed by atoms with van der Waals surface area (Å²) in [5.41, 5.74) is 0. The van der Waals surface area contributed by atoms with Crippen LogP contribution in [0, 0.1) is 5.82 Å². The van der Waals surface area contributed by atoms with Crippen LogP contribution in [0.5, 0.6) is 5.75 Å². The first-order chi connectivity index (χ1) is 9.75. The van der Waals surface area contributed by atoms with Crippen molar-refractivity contribution >= 4 is 0 Å². The van der Waals surface area contributed by atoms with Crippen molar-refractivity contribution in [3.63, 3.8) is 0 Å². The molecule has 0 N–H and O–H groups in total. The van der Waals surface area contributed by atoms with Gasteiger partial charge in [0.15, 0.2) is 0 Å². The van der Waals surface area contributed by atoms with Gasteiger partial charge in [-0.3, -0.25) is 0 Å². The fourth-order valence-corrected chi connectivity index (χ4v) is 2.92. The van der Waals surface area contributed by atoms with Crippen molar-refractivity contribution in [2.75, 3.05) is 20.2 Å². The highest BCUT2D eigenvalue weighted by Crippen LogP contribution is 2.20. The van der Waals surface area contributed by atoms with Crippen LogP contribution in [-0.2, 0) is 0 Å². The zero-order chi connectivity index (χ0) is 14.2. The molecule has 0 radical (unpaired) electrons. The van der Waals surface area contributed by atoms with Crippen LogP contribution in [0.1, 0.15) is 44.9 Å². The molecule has 1 aliphatic carbocycles. The van der Waals surface area contributed by atoms with Crippen molar-refractivity contribution in [3.8, 4) is 5.75 Å². The van der Waals surface area contributed by atoms with Crippen molar-refractivity contribution < 1.29 is 9.13 Å². The minimum Gasteiger partial charge on any atom is -0.492 e. The lowest BCUT2D eigenvalue weighted by Gasteiger charge is -2.29. The monoisotopic (exact) mass is 279 g/mol. The Balaban J connectivity index is 1.72. The van der Waals surface area contributed by atoms with Gasteiger partial charge in [0.25, 0.3) is 0 Å². The molecule has 1 saturated carbocycles. The summed E-state index contributed by atoms with van der Waals surface area (Å²) < 4.78 is 18.7. The Morgan fingerprint density at radius 3 is 2.55 bits per heavy atom. The number of nitrogens with zero attached hydrogens (tertiary/aromatic N) is 1. The smallest absolute Gasteiger partial charge is 0.126 e. The lowest BCUT2D eigenvalue weighted by atomic mass is 9.96. The van der Waals surface area contributed by atoms with E-state index in [1.807, 2.05) is 0 Å².